The molecule has 0 aliphatic heterocycles. The molecule has 1 aliphatic carbocycles. The van der Waals surface area contributed by atoms with Gasteiger partial charge in [0, 0.05) is 0 Å². The Balaban J connectivity index is 1.83. The average molecular weight is 281 g/mol. The number of carbonyl (C=O) groups is 1. The molecule has 1 aromatic heterocycles. The third-order valence-corrected chi connectivity index (χ3v) is 3.96. The lowest BCUT2D eigenvalue weighted by Crippen LogP contribution is -2.43. The van der Waals surface area contributed by atoms with Crippen molar-refractivity contribution in [2.45, 2.75) is 56.7 Å². The molecular formula is C15H23NO4. The number of rotatable bonds is 5. The smallest absolute Gasteiger partial charge is 0.223 e. The molecule has 0 radical (unpaired) electrons. The van der Waals surface area contributed by atoms with E-state index in [-0.39, 0.29) is 18.9 Å². The molecule has 0 saturated heterocycles. The minimum Gasteiger partial charge on any atom is -0.466 e. The predicted octanol–water partition coefficient (Wildman–Crippen LogP) is 1.69. The van der Waals surface area contributed by atoms with Crippen LogP contribution in [0.15, 0.2) is 22.8 Å². The maximum atomic E-state index is 11.9. The Morgan fingerprint density at radius 3 is 2.75 bits per heavy atom. The summed E-state index contributed by atoms with van der Waals surface area (Å²) >= 11 is 0. The van der Waals surface area contributed by atoms with Gasteiger partial charge < -0.3 is 19.9 Å². The highest BCUT2D eigenvalue weighted by atomic mass is 16.4. The number of amides is 1. The van der Waals surface area contributed by atoms with Crippen molar-refractivity contribution in [1.29, 1.82) is 0 Å². The Morgan fingerprint density at radius 2 is 2.15 bits per heavy atom. The normalized spacial score (nSPS) is 21.1. The molecule has 1 amide bonds. The highest BCUT2D eigenvalue weighted by Gasteiger charge is 2.33. The van der Waals surface area contributed by atoms with Crippen LogP contribution in [0.4, 0.5) is 0 Å². The van der Waals surface area contributed by atoms with Crippen molar-refractivity contribution in [2.75, 3.05) is 6.54 Å². The minimum atomic E-state index is -1.24. The monoisotopic (exact) mass is 281 g/mol. The third-order valence-electron chi connectivity index (χ3n) is 3.96. The lowest BCUT2D eigenvalue weighted by Gasteiger charge is -2.31. The number of nitrogens with one attached hydrogen (secondary N) is 1. The Morgan fingerprint density at radius 1 is 1.45 bits per heavy atom. The lowest BCUT2D eigenvalue weighted by molar-refractivity contribution is -0.128. The molecule has 1 heterocycles. The topological polar surface area (TPSA) is 82.7 Å². The van der Waals surface area contributed by atoms with Gasteiger partial charge in [-0.05, 0) is 31.9 Å². The maximum Gasteiger partial charge on any atom is 0.223 e. The molecule has 1 saturated carbocycles. The summed E-state index contributed by atoms with van der Waals surface area (Å²) in [6.07, 6.45) is 5.99. The highest BCUT2D eigenvalue weighted by molar-refractivity contribution is 5.77. The van der Waals surface area contributed by atoms with Crippen LogP contribution in [-0.2, 0) is 10.4 Å². The van der Waals surface area contributed by atoms with Crippen molar-refractivity contribution in [3.05, 3.63) is 24.2 Å². The summed E-state index contributed by atoms with van der Waals surface area (Å²) in [5.74, 6) is 0.176. The molecule has 5 nitrogen and oxygen atoms in total. The van der Waals surface area contributed by atoms with E-state index in [0.717, 1.165) is 19.3 Å². The van der Waals surface area contributed by atoms with Gasteiger partial charge in [0.05, 0.1) is 24.8 Å². The van der Waals surface area contributed by atoms with Crippen LogP contribution in [0.2, 0.25) is 0 Å². The van der Waals surface area contributed by atoms with Crippen LogP contribution in [0, 0.1) is 0 Å². The van der Waals surface area contributed by atoms with Crippen LogP contribution in [0.5, 0.6) is 0 Å². The third kappa shape index (κ3) is 3.84. The fourth-order valence-electron chi connectivity index (χ4n) is 2.69. The fourth-order valence-corrected chi connectivity index (χ4v) is 2.69. The molecule has 1 unspecified atom stereocenters. The first-order valence-corrected chi connectivity index (χ1v) is 7.17. The van der Waals surface area contributed by atoms with E-state index in [1.165, 1.54) is 6.26 Å². The van der Waals surface area contributed by atoms with Crippen molar-refractivity contribution in [1.82, 2.24) is 5.32 Å². The molecule has 1 aromatic rings. The van der Waals surface area contributed by atoms with Crippen molar-refractivity contribution < 1.29 is 19.4 Å². The van der Waals surface area contributed by atoms with Crippen molar-refractivity contribution >= 4 is 5.91 Å². The summed E-state index contributed by atoms with van der Waals surface area (Å²) < 4.78 is 5.15. The van der Waals surface area contributed by atoms with E-state index < -0.39 is 11.2 Å². The Hall–Kier alpha value is -1.33. The molecule has 20 heavy (non-hydrogen) atoms. The van der Waals surface area contributed by atoms with Crippen molar-refractivity contribution in [3.8, 4) is 0 Å². The fraction of sp³-hybridized carbons (Fsp3) is 0.667. The number of hydrogen-bond donors (Lipinski definition) is 3. The Labute approximate surface area is 119 Å². The Kier molecular flexibility index (Phi) is 4.50. The summed E-state index contributed by atoms with van der Waals surface area (Å²) in [5.41, 5.74) is -2.12. The molecule has 5 heteroatoms. The van der Waals surface area contributed by atoms with Crippen molar-refractivity contribution in [3.63, 3.8) is 0 Å². The summed E-state index contributed by atoms with van der Waals surface area (Å²) in [4.78, 5) is 11.9. The molecule has 0 spiro atoms. The van der Waals surface area contributed by atoms with Crippen LogP contribution in [0.1, 0.15) is 51.2 Å². The van der Waals surface area contributed by atoms with Gasteiger partial charge in [-0.1, -0.05) is 19.3 Å². The highest BCUT2D eigenvalue weighted by Crippen LogP contribution is 2.30. The van der Waals surface area contributed by atoms with Gasteiger partial charge in [-0.15, -0.1) is 0 Å². The van der Waals surface area contributed by atoms with Gasteiger partial charge in [0.2, 0.25) is 5.91 Å². The van der Waals surface area contributed by atoms with Crippen LogP contribution >= 0.6 is 0 Å². The SMILES string of the molecule is CC(O)(CNC(=O)CC1(O)CCCCC1)c1ccco1. The zero-order valence-corrected chi connectivity index (χ0v) is 11.9. The van der Waals surface area contributed by atoms with Crippen LogP contribution < -0.4 is 5.32 Å². The molecule has 0 aromatic carbocycles. The van der Waals surface area contributed by atoms with Gasteiger partial charge in [0.25, 0.3) is 0 Å². The summed E-state index contributed by atoms with van der Waals surface area (Å²) in [6.45, 7) is 1.65. The van der Waals surface area contributed by atoms with Gasteiger partial charge in [0.1, 0.15) is 11.4 Å². The van der Waals surface area contributed by atoms with E-state index >= 15 is 0 Å². The molecule has 3 N–H and O–H groups in total. The molecule has 1 aliphatic rings. The zero-order valence-electron chi connectivity index (χ0n) is 11.9. The molecule has 1 fully saturated rings. The van der Waals surface area contributed by atoms with E-state index in [1.54, 1.807) is 19.1 Å². The summed E-state index contributed by atoms with van der Waals surface area (Å²) in [6, 6.07) is 3.36. The quantitative estimate of drug-likeness (QED) is 0.767. The van der Waals surface area contributed by atoms with E-state index in [0.29, 0.717) is 18.6 Å². The van der Waals surface area contributed by atoms with Gasteiger partial charge in [0.15, 0.2) is 0 Å². The van der Waals surface area contributed by atoms with E-state index in [9.17, 15) is 15.0 Å². The maximum absolute atomic E-state index is 11.9. The van der Waals surface area contributed by atoms with E-state index in [2.05, 4.69) is 5.32 Å². The zero-order chi connectivity index (χ0) is 14.6. The first kappa shape index (κ1) is 15.1. The van der Waals surface area contributed by atoms with Crippen LogP contribution in [0.25, 0.3) is 0 Å². The number of carbonyl (C=O) groups excluding carboxylic acids is 1. The first-order valence-electron chi connectivity index (χ1n) is 7.17. The average Bonchev–Trinajstić information content (AvgIpc) is 2.91. The predicted molar refractivity (Wildman–Crippen MR) is 73.9 cm³/mol. The minimum absolute atomic E-state index is 0.0649. The second-order valence-corrected chi connectivity index (χ2v) is 5.99. The van der Waals surface area contributed by atoms with Gasteiger partial charge in [-0.25, -0.2) is 0 Å². The summed E-state index contributed by atoms with van der Waals surface area (Å²) in [7, 11) is 0. The van der Waals surface area contributed by atoms with E-state index in [1.807, 2.05) is 0 Å². The van der Waals surface area contributed by atoms with Crippen LogP contribution in [0.3, 0.4) is 0 Å². The largest absolute Gasteiger partial charge is 0.466 e. The number of furan rings is 1. The molecular weight excluding hydrogens is 258 g/mol. The summed E-state index contributed by atoms with van der Waals surface area (Å²) in [5, 5.41) is 23.2. The lowest BCUT2D eigenvalue weighted by atomic mass is 9.82. The second-order valence-electron chi connectivity index (χ2n) is 5.99. The van der Waals surface area contributed by atoms with Gasteiger partial charge in [-0.2, -0.15) is 0 Å². The standard InChI is InChI=1S/C15H23NO4/c1-14(18,12-6-5-9-20-12)11-16-13(17)10-15(19)7-3-2-4-8-15/h5-6,9,18-19H,2-4,7-8,10-11H2,1H3,(H,16,17). The number of hydrogen-bond acceptors (Lipinski definition) is 4. The Bertz CT molecular complexity index is 433. The number of aliphatic hydroxyl groups is 2. The van der Waals surface area contributed by atoms with E-state index in [4.69, 9.17) is 4.42 Å². The van der Waals surface area contributed by atoms with Gasteiger partial charge in [-0.3, -0.25) is 4.79 Å². The van der Waals surface area contributed by atoms with Gasteiger partial charge >= 0.3 is 0 Å². The molecule has 2 rings (SSSR count). The molecule has 112 valence electrons. The first-order chi connectivity index (χ1) is 9.41. The van der Waals surface area contributed by atoms with Crippen LogP contribution in [-0.4, -0.2) is 28.3 Å². The molecule has 0 bridgehead atoms. The van der Waals surface area contributed by atoms with Crippen molar-refractivity contribution in [2.24, 2.45) is 0 Å². The molecule has 1 atom stereocenters. The second kappa shape index (κ2) is 5.97.